The van der Waals surface area contributed by atoms with Crippen molar-refractivity contribution in [3.05, 3.63) is 95.2 Å². The maximum absolute atomic E-state index is 12.0. The van der Waals surface area contributed by atoms with Crippen molar-refractivity contribution < 1.29 is 9.53 Å². The van der Waals surface area contributed by atoms with Crippen LogP contribution in [0.1, 0.15) is 34.0 Å². The molecule has 0 saturated carbocycles. The third-order valence-corrected chi connectivity index (χ3v) is 4.89. The molecule has 1 amide bonds. The first-order valence-corrected chi connectivity index (χ1v) is 11.0. The van der Waals surface area contributed by atoms with Gasteiger partial charge in [-0.3, -0.25) is 4.79 Å². The summed E-state index contributed by atoms with van der Waals surface area (Å²) in [4.78, 5) is 22.7. The molecule has 7 nitrogen and oxygen atoms in total. The lowest BCUT2D eigenvalue weighted by atomic mass is 10.1. The number of aliphatic imine (C=N–C) groups is 1. The van der Waals surface area contributed by atoms with Gasteiger partial charge in [0.1, 0.15) is 6.61 Å². The lowest BCUT2D eigenvalue weighted by Gasteiger charge is -2.14. The van der Waals surface area contributed by atoms with E-state index in [2.05, 4.69) is 20.6 Å². The average molecular weight is 446 g/mol. The summed E-state index contributed by atoms with van der Waals surface area (Å²) in [6.45, 7) is 4.26. The Balaban J connectivity index is 1.61. The second-order valence-electron chi connectivity index (χ2n) is 7.69. The maximum Gasteiger partial charge on any atom is 0.253 e. The van der Waals surface area contributed by atoms with E-state index in [4.69, 9.17) is 4.74 Å². The van der Waals surface area contributed by atoms with Gasteiger partial charge in [0.2, 0.25) is 5.88 Å². The summed E-state index contributed by atoms with van der Waals surface area (Å²) in [5.74, 6) is 1.29. The van der Waals surface area contributed by atoms with E-state index in [1.807, 2.05) is 73.7 Å². The topological polar surface area (TPSA) is 78.9 Å². The van der Waals surface area contributed by atoms with Gasteiger partial charge in [0, 0.05) is 44.5 Å². The van der Waals surface area contributed by atoms with Crippen LogP contribution >= 0.6 is 0 Å². The van der Waals surface area contributed by atoms with Crippen molar-refractivity contribution in [1.82, 2.24) is 20.5 Å². The number of carbonyl (C=O) groups is 1. The highest BCUT2D eigenvalue weighted by atomic mass is 16.5. The average Bonchev–Trinajstić information content (AvgIpc) is 2.85. The van der Waals surface area contributed by atoms with Gasteiger partial charge in [0.05, 0.1) is 6.54 Å². The van der Waals surface area contributed by atoms with E-state index in [9.17, 15) is 4.79 Å². The second kappa shape index (κ2) is 12.2. The third-order valence-electron chi connectivity index (χ3n) is 4.89. The van der Waals surface area contributed by atoms with Gasteiger partial charge < -0.3 is 20.3 Å². The van der Waals surface area contributed by atoms with E-state index in [-0.39, 0.29) is 5.91 Å². The summed E-state index contributed by atoms with van der Waals surface area (Å²) in [6, 6.07) is 21.4. The molecule has 0 aliphatic carbocycles. The Hall–Kier alpha value is -3.87. The van der Waals surface area contributed by atoms with Crippen LogP contribution in [0.15, 0.2) is 77.9 Å². The Bertz CT molecular complexity index is 1050. The van der Waals surface area contributed by atoms with Crippen molar-refractivity contribution in [2.75, 3.05) is 20.6 Å². The molecular formula is C26H31N5O2. The zero-order valence-electron chi connectivity index (χ0n) is 19.4. The molecule has 1 aromatic heterocycles. The van der Waals surface area contributed by atoms with Crippen molar-refractivity contribution in [3.63, 3.8) is 0 Å². The number of carbonyl (C=O) groups excluding carboxylic acids is 1. The molecule has 0 atom stereocenters. The number of nitrogens with one attached hydrogen (secondary N) is 2. The molecule has 0 radical (unpaired) electrons. The van der Waals surface area contributed by atoms with Gasteiger partial charge >= 0.3 is 0 Å². The van der Waals surface area contributed by atoms with Crippen LogP contribution in [0.25, 0.3) is 0 Å². The van der Waals surface area contributed by atoms with Crippen LogP contribution < -0.4 is 15.4 Å². The van der Waals surface area contributed by atoms with Gasteiger partial charge in [-0.05, 0) is 36.2 Å². The summed E-state index contributed by atoms with van der Waals surface area (Å²) in [5, 5.41) is 6.61. The molecule has 0 aliphatic heterocycles. The highest BCUT2D eigenvalue weighted by Gasteiger charge is 2.08. The molecule has 0 saturated heterocycles. The predicted octanol–water partition coefficient (Wildman–Crippen LogP) is 3.62. The Kier molecular flexibility index (Phi) is 8.82. The summed E-state index contributed by atoms with van der Waals surface area (Å²) < 4.78 is 5.95. The van der Waals surface area contributed by atoms with E-state index in [0.29, 0.717) is 37.1 Å². The van der Waals surface area contributed by atoms with Crippen LogP contribution in [0.3, 0.4) is 0 Å². The SMILES string of the molecule is CCNC(=NCc1ccc(C(=O)N(C)C)cc1)NCc1cccnc1OCc1ccccc1. The van der Waals surface area contributed by atoms with Gasteiger partial charge in [-0.2, -0.15) is 0 Å². The fraction of sp³-hybridized carbons (Fsp3) is 0.269. The largest absolute Gasteiger partial charge is 0.473 e. The number of hydrogen-bond donors (Lipinski definition) is 2. The number of guanidine groups is 1. The summed E-state index contributed by atoms with van der Waals surface area (Å²) in [7, 11) is 3.49. The molecule has 3 rings (SSSR count). The molecular weight excluding hydrogens is 414 g/mol. The smallest absolute Gasteiger partial charge is 0.253 e. The Labute approximate surface area is 195 Å². The standard InChI is InChI=1S/C26H31N5O2/c1-4-27-26(29-17-20-12-14-22(15-13-20)25(32)31(2)3)30-18-23-11-8-16-28-24(23)33-19-21-9-6-5-7-10-21/h5-16H,4,17-19H2,1-3H3,(H2,27,29,30). The highest BCUT2D eigenvalue weighted by Crippen LogP contribution is 2.16. The van der Waals surface area contributed by atoms with E-state index in [0.717, 1.165) is 23.2 Å². The van der Waals surface area contributed by atoms with Crippen LogP contribution in [-0.4, -0.2) is 42.4 Å². The number of amides is 1. The first-order valence-electron chi connectivity index (χ1n) is 11.0. The Morgan fingerprint density at radius 3 is 2.42 bits per heavy atom. The zero-order valence-corrected chi connectivity index (χ0v) is 19.4. The minimum absolute atomic E-state index is 0.0122. The lowest BCUT2D eigenvalue weighted by Crippen LogP contribution is -2.36. The molecule has 0 aliphatic rings. The molecule has 0 unspecified atom stereocenters. The van der Waals surface area contributed by atoms with E-state index < -0.39 is 0 Å². The molecule has 7 heteroatoms. The lowest BCUT2D eigenvalue weighted by molar-refractivity contribution is 0.0827. The molecule has 2 N–H and O–H groups in total. The molecule has 2 aromatic carbocycles. The quantitative estimate of drug-likeness (QED) is 0.389. The maximum atomic E-state index is 12.0. The summed E-state index contributed by atoms with van der Waals surface area (Å²) in [5.41, 5.74) is 3.73. The van der Waals surface area contributed by atoms with Crippen LogP contribution in [0.5, 0.6) is 5.88 Å². The number of rotatable bonds is 9. The predicted molar refractivity (Wildman–Crippen MR) is 131 cm³/mol. The van der Waals surface area contributed by atoms with Crippen molar-refractivity contribution in [2.24, 2.45) is 4.99 Å². The summed E-state index contributed by atoms with van der Waals surface area (Å²) >= 11 is 0. The zero-order chi connectivity index (χ0) is 23.5. The van der Waals surface area contributed by atoms with Gasteiger partial charge in [-0.15, -0.1) is 0 Å². The summed E-state index contributed by atoms with van der Waals surface area (Å²) in [6.07, 6.45) is 1.73. The molecule has 0 fully saturated rings. The number of aromatic nitrogens is 1. The Morgan fingerprint density at radius 2 is 1.73 bits per heavy atom. The van der Waals surface area contributed by atoms with Crippen molar-refractivity contribution >= 4 is 11.9 Å². The molecule has 0 bridgehead atoms. The van der Waals surface area contributed by atoms with Gasteiger partial charge in [0.15, 0.2) is 5.96 Å². The minimum atomic E-state index is -0.0122. The number of nitrogens with zero attached hydrogens (tertiary/aromatic N) is 3. The van der Waals surface area contributed by atoms with Gasteiger partial charge in [0.25, 0.3) is 5.91 Å². The van der Waals surface area contributed by atoms with E-state index in [1.54, 1.807) is 25.2 Å². The second-order valence-corrected chi connectivity index (χ2v) is 7.69. The number of benzene rings is 2. The van der Waals surface area contributed by atoms with E-state index in [1.165, 1.54) is 0 Å². The molecule has 1 heterocycles. The van der Waals surface area contributed by atoms with Crippen LogP contribution in [0, 0.1) is 0 Å². The fourth-order valence-electron chi connectivity index (χ4n) is 3.12. The molecule has 0 spiro atoms. The Morgan fingerprint density at radius 1 is 0.970 bits per heavy atom. The van der Waals surface area contributed by atoms with Crippen LogP contribution in [0.4, 0.5) is 0 Å². The van der Waals surface area contributed by atoms with Crippen molar-refractivity contribution in [2.45, 2.75) is 26.6 Å². The third kappa shape index (κ3) is 7.35. The van der Waals surface area contributed by atoms with Gasteiger partial charge in [-0.1, -0.05) is 48.5 Å². The fourth-order valence-corrected chi connectivity index (χ4v) is 3.12. The first-order chi connectivity index (χ1) is 16.1. The molecule has 172 valence electrons. The van der Waals surface area contributed by atoms with Crippen molar-refractivity contribution in [1.29, 1.82) is 0 Å². The number of hydrogen-bond acceptors (Lipinski definition) is 4. The molecule has 33 heavy (non-hydrogen) atoms. The van der Waals surface area contributed by atoms with Crippen LogP contribution in [0.2, 0.25) is 0 Å². The molecule has 3 aromatic rings. The van der Waals surface area contributed by atoms with Crippen molar-refractivity contribution in [3.8, 4) is 5.88 Å². The van der Waals surface area contributed by atoms with E-state index >= 15 is 0 Å². The normalized spacial score (nSPS) is 11.1. The van der Waals surface area contributed by atoms with Crippen LogP contribution in [-0.2, 0) is 19.7 Å². The first kappa shape index (κ1) is 23.8. The highest BCUT2D eigenvalue weighted by molar-refractivity contribution is 5.93. The monoisotopic (exact) mass is 445 g/mol. The minimum Gasteiger partial charge on any atom is -0.473 e. The number of pyridine rings is 1. The number of ether oxygens (including phenoxy) is 1. The van der Waals surface area contributed by atoms with Gasteiger partial charge in [-0.25, -0.2) is 9.98 Å².